The Balaban J connectivity index is 2.84. The molecule has 1 heterocycles. The van der Waals surface area contributed by atoms with Crippen molar-refractivity contribution in [3.05, 3.63) is 11.1 Å². The summed E-state index contributed by atoms with van der Waals surface area (Å²) in [4.78, 5) is 10.8. The van der Waals surface area contributed by atoms with Gasteiger partial charge in [0.1, 0.15) is 0 Å². The highest BCUT2D eigenvalue weighted by Gasteiger charge is 2.17. The predicted molar refractivity (Wildman–Crippen MR) is 35.4 cm³/mol. The second kappa shape index (κ2) is 2.84. The van der Waals surface area contributed by atoms with Crippen LogP contribution in [0.2, 0.25) is 0 Å². The molecule has 1 aliphatic rings. The number of esters is 1. The first-order chi connectivity index (χ1) is 4.75. The van der Waals surface area contributed by atoms with Crippen LogP contribution in [0.4, 0.5) is 0 Å². The van der Waals surface area contributed by atoms with Gasteiger partial charge in [0.05, 0.1) is 18.8 Å². The van der Waals surface area contributed by atoms with E-state index in [0.717, 1.165) is 12.0 Å². The maximum atomic E-state index is 10.8. The van der Waals surface area contributed by atoms with Crippen molar-refractivity contribution in [1.82, 2.24) is 0 Å². The van der Waals surface area contributed by atoms with Crippen LogP contribution in [0.5, 0.6) is 0 Å². The zero-order valence-electron chi connectivity index (χ0n) is 5.89. The minimum atomic E-state index is -0.369. The Kier molecular flexibility index (Phi) is 2.06. The van der Waals surface area contributed by atoms with E-state index in [2.05, 4.69) is 0 Å². The Hall–Kier alpha value is -0.830. The molecule has 56 valence electrons. The summed E-state index contributed by atoms with van der Waals surface area (Å²) >= 11 is 0. The van der Waals surface area contributed by atoms with E-state index >= 15 is 0 Å². The van der Waals surface area contributed by atoms with E-state index in [0.29, 0.717) is 12.2 Å². The number of aliphatic hydroxyl groups is 1. The molecule has 3 heteroatoms. The fourth-order valence-corrected chi connectivity index (χ4v) is 0.909. The lowest BCUT2D eigenvalue weighted by Crippen LogP contribution is -2.18. The fourth-order valence-electron chi connectivity index (χ4n) is 0.909. The van der Waals surface area contributed by atoms with Crippen LogP contribution in [0.1, 0.15) is 13.3 Å². The third-order valence-corrected chi connectivity index (χ3v) is 1.63. The van der Waals surface area contributed by atoms with Gasteiger partial charge in [0.15, 0.2) is 0 Å². The van der Waals surface area contributed by atoms with Gasteiger partial charge in [-0.2, -0.15) is 0 Å². The number of aliphatic hydroxyl groups excluding tert-OH is 1. The van der Waals surface area contributed by atoms with Gasteiger partial charge in [-0.15, -0.1) is 0 Å². The van der Waals surface area contributed by atoms with E-state index in [1.54, 1.807) is 0 Å². The highest BCUT2D eigenvalue weighted by Crippen LogP contribution is 2.14. The molecule has 0 bridgehead atoms. The van der Waals surface area contributed by atoms with Crippen LogP contribution in [0, 0.1) is 0 Å². The molecule has 0 atom stereocenters. The van der Waals surface area contributed by atoms with Crippen LogP contribution in [0.3, 0.4) is 0 Å². The summed E-state index contributed by atoms with van der Waals surface area (Å²) in [5, 5.41) is 8.67. The van der Waals surface area contributed by atoms with Gasteiger partial charge in [-0.05, 0) is 6.92 Å². The van der Waals surface area contributed by atoms with E-state index in [9.17, 15) is 4.79 Å². The summed E-state index contributed by atoms with van der Waals surface area (Å²) in [6.07, 6.45) is 0.752. The van der Waals surface area contributed by atoms with Crippen LogP contribution in [0.15, 0.2) is 11.1 Å². The maximum absolute atomic E-state index is 10.8. The molecule has 1 N–H and O–H groups in total. The summed E-state index contributed by atoms with van der Waals surface area (Å²) < 4.78 is 4.69. The molecule has 0 saturated heterocycles. The first-order valence-electron chi connectivity index (χ1n) is 3.22. The molecule has 0 amide bonds. The lowest BCUT2D eigenvalue weighted by atomic mass is 10.1. The first kappa shape index (κ1) is 7.28. The van der Waals surface area contributed by atoms with Crippen molar-refractivity contribution in [3.63, 3.8) is 0 Å². The Morgan fingerprint density at radius 1 is 1.70 bits per heavy atom. The third-order valence-electron chi connectivity index (χ3n) is 1.63. The molecule has 1 rings (SSSR count). The molecule has 0 unspecified atom stereocenters. The van der Waals surface area contributed by atoms with Crippen molar-refractivity contribution in [2.45, 2.75) is 13.3 Å². The number of ether oxygens (including phenoxy) is 1. The molecule has 1 aliphatic heterocycles. The highest BCUT2D eigenvalue weighted by atomic mass is 16.5. The van der Waals surface area contributed by atoms with Gasteiger partial charge in [0, 0.05) is 6.42 Å². The van der Waals surface area contributed by atoms with E-state index in [1.165, 1.54) is 0 Å². The molecule has 0 saturated carbocycles. The molecule has 0 fully saturated rings. The Bertz CT molecular complexity index is 181. The summed E-state index contributed by atoms with van der Waals surface area (Å²) in [6.45, 7) is 2.09. The zero-order chi connectivity index (χ0) is 7.56. The molecule has 0 spiro atoms. The lowest BCUT2D eigenvalue weighted by Gasteiger charge is -2.14. The molecule has 0 aromatic carbocycles. The van der Waals surface area contributed by atoms with Crippen molar-refractivity contribution in [3.8, 4) is 0 Å². The largest absolute Gasteiger partial charge is 0.462 e. The zero-order valence-corrected chi connectivity index (χ0v) is 5.89. The minimum absolute atomic E-state index is 0.204. The molecule has 3 nitrogen and oxygen atoms in total. The van der Waals surface area contributed by atoms with Crippen molar-refractivity contribution in [2.75, 3.05) is 13.2 Å². The van der Waals surface area contributed by atoms with Gasteiger partial charge in [-0.1, -0.05) is 5.57 Å². The lowest BCUT2D eigenvalue weighted by molar-refractivity contribution is -0.140. The van der Waals surface area contributed by atoms with Gasteiger partial charge < -0.3 is 9.84 Å². The molecular formula is C7H10O3. The fraction of sp³-hybridized carbons (Fsp3) is 0.571. The third kappa shape index (κ3) is 1.19. The van der Waals surface area contributed by atoms with Crippen LogP contribution in [0.25, 0.3) is 0 Å². The first-order valence-corrected chi connectivity index (χ1v) is 3.22. The van der Waals surface area contributed by atoms with Gasteiger partial charge >= 0.3 is 5.97 Å². The standard InChI is InChI=1S/C7H10O3/c1-5-2-3-10-7(9)6(5)4-8/h8H,2-4H2,1H3. The van der Waals surface area contributed by atoms with Crippen molar-refractivity contribution in [2.24, 2.45) is 0 Å². The summed E-state index contributed by atoms with van der Waals surface area (Å²) in [5.41, 5.74) is 1.37. The molecule has 0 aromatic rings. The molecule has 10 heavy (non-hydrogen) atoms. The number of carbonyl (C=O) groups is 1. The predicted octanol–water partition coefficient (Wildman–Crippen LogP) is 0.242. The van der Waals surface area contributed by atoms with Gasteiger partial charge in [-0.3, -0.25) is 0 Å². The number of carbonyl (C=O) groups excluding carboxylic acids is 1. The van der Waals surface area contributed by atoms with Crippen molar-refractivity contribution < 1.29 is 14.6 Å². The van der Waals surface area contributed by atoms with Gasteiger partial charge in [0.25, 0.3) is 0 Å². The molecule has 0 aliphatic carbocycles. The van der Waals surface area contributed by atoms with Crippen LogP contribution in [-0.4, -0.2) is 24.3 Å². The van der Waals surface area contributed by atoms with E-state index < -0.39 is 0 Å². The summed E-state index contributed by atoms with van der Waals surface area (Å²) in [6, 6.07) is 0. The number of hydrogen-bond donors (Lipinski definition) is 1. The van der Waals surface area contributed by atoms with Gasteiger partial charge in [0.2, 0.25) is 0 Å². The summed E-state index contributed by atoms with van der Waals surface area (Å²) in [5.74, 6) is -0.369. The van der Waals surface area contributed by atoms with Crippen LogP contribution in [-0.2, 0) is 9.53 Å². The average molecular weight is 142 g/mol. The van der Waals surface area contributed by atoms with Crippen LogP contribution < -0.4 is 0 Å². The molecule has 0 aromatic heterocycles. The Morgan fingerprint density at radius 2 is 2.40 bits per heavy atom. The quantitative estimate of drug-likeness (QED) is 0.533. The van der Waals surface area contributed by atoms with Crippen LogP contribution >= 0.6 is 0 Å². The molecule has 0 radical (unpaired) electrons. The van der Waals surface area contributed by atoms with E-state index in [1.807, 2.05) is 6.92 Å². The molecular weight excluding hydrogens is 132 g/mol. The van der Waals surface area contributed by atoms with E-state index in [-0.39, 0.29) is 12.6 Å². The Labute approximate surface area is 59.3 Å². The van der Waals surface area contributed by atoms with Crippen molar-refractivity contribution >= 4 is 5.97 Å². The van der Waals surface area contributed by atoms with E-state index in [4.69, 9.17) is 9.84 Å². The highest BCUT2D eigenvalue weighted by molar-refractivity contribution is 5.90. The topological polar surface area (TPSA) is 46.5 Å². The smallest absolute Gasteiger partial charge is 0.336 e. The minimum Gasteiger partial charge on any atom is -0.462 e. The second-order valence-corrected chi connectivity index (χ2v) is 2.30. The Morgan fingerprint density at radius 3 is 2.80 bits per heavy atom. The maximum Gasteiger partial charge on any atom is 0.336 e. The number of cyclic esters (lactones) is 1. The van der Waals surface area contributed by atoms with Gasteiger partial charge in [-0.25, -0.2) is 4.79 Å². The number of hydrogen-bond acceptors (Lipinski definition) is 3. The summed E-state index contributed by atoms with van der Waals surface area (Å²) in [7, 11) is 0. The van der Waals surface area contributed by atoms with Crippen molar-refractivity contribution in [1.29, 1.82) is 0 Å². The normalized spacial score (nSPS) is 19.2. The average Bonchev–Trinajstić information content (AvgIpc) is 1.88. The second-order valence-electron chi connectivity index (χ2n) is 2.30. The number of rotatable bonds is 1. The monoisotopic (exact) mass is 142 g/mol. The SMILES string of the molecule is CC1=C(CO)C(=O)OCC1.